The molecular weight excluding hydrogens is 298 g/mol. The van der Waals surface area contributed by atoms with Gasteiger partial charge in [0.25, 0.3) is 0 Å². The van der Waals surface area contributed by atoms with Crippen LogP contribution in [0.1, 0.15) is 43.5 Å². The lowest BCUT2D eigenvalue weighted by Gasteiger charge is -2.07. The summed E-state index contributed by atoms with van der Waals surface area (Å²) < 4.78 is 2.44. The third-order valence-corrected chi connectivity index (χ3v) is 6.09. The highest BCUT2D eigenvalue weighted by molar-refractivity contribution is 8.02. The van der Waals surface area contributed by atoms with Gasteiger partial charge in [0, 0.05) is 28.4 Å². The first-order valence-corrected chi connectivity index (χ1v) is 9.64. The molecule has 1 aromatic heterocycles. The van der Waals surface area contributed by atoms with Gasteiger partial charge in [0.15, 0.2) is 5.16 Å². The van der Waals surface area contributed by atoms with Crippen molar-refractivity contribution in [1.29, 1.82) is 0 Å². The number of hydrogen-bond donors (Lipinski definition) is 0. The molecule has 0 atom stereocenters. The van der Waals surface area contributed by atoms with Crippen LogP contribution >= 0.6 is 23.5 Å². The van der Waals surface area contributed by atoms with Gasteiger partial charge < -0.3 is 4.57 Å². The fourth-order valence-corrected chi connectivity index (χ4v) is 4.41. The molecule has 0 N–H and O–H groups in total. The summed E-state index contributed by atoms with van der Waals surface area (Å²) in [6.45, 7) is 0. The van der Waals surface area contributed by atoms with Crippen LogP contribution in [-0.2, 0) is 0 Å². The summed E-state index contributed by atoms with van der Waals surface area (Å²) in [5, 5.41) is 10.1. The van der Waals surface area contributed by atoms with Crippen LogP contribution in [0.4, 0.5) is 0 Å². The normalized spacial score (nSPS) is 18.1. The third-order valence-electron chi connectivity index (χ3n) is 3.87. The Balaban J connectivity index is 1.34. The van der Waals surface area contributed by atoms with Gasteiger partial charge >= 0.3 is 0 Å². The Labute approximate surface area is 133 Å². The first kappa shape index (κ1) is 13.7. The van der Waals surface area contributed by atoms with Crippen molar-refractivity contribution in [3.8, 4) is 0 Å². The molecule has 2 saturated carbocycles. The Morgan fingerprint density at radius 1 is 0.952 bits per heavy atom. The molecule has 0 aliphatic heterocycles. The van der Waals surface area contributed by atoms with Crippen molar-refractivity contribution in [3.05, 3.63) is 36.2 Å². The molecule has 110 valence electrons. The molecule has 0 amide bonds. The van der Waals surface area contributed by atoms with Crippen LogP contribution in [-0.4, -0.2) is 26.3 Å². The van der Waals surface area contributed by atoms with Crippen molar-refractivity contribution >= 4 is 23.5 Å². The van der Waals surface area contributed by atoms with E-state index in [0.29, 0.717) is 12.0 Å². The van der Waals surface area contributed by atoms with E-state index in [9.17, 15) is 0 Å². The maximum Gasteiger partial charge on any atom is 0.191 e. The summed E-state index contributed by atoms with van der Waals surface area (Å²) in [6.07, 6.45) is 5.23. The number of aromatic nitrogens is 3. The third kappa shape index (κ3) is 3.29. The second-order valence-corrected chi connectivity index (χ2v) is 7.96. The van der Waals surface area contributed by atoms with Gasteiger partial charge in [-0.1, -0.05) is 30.0 Å². The van der Waals surface area contributed by atoms with Crippen molar-refractivity contribution in [3.63, 3.8) is 0 Å². The van der Waals surface area contributed by atoms with E-state index in [-0.39, 0.29) is 0 Å². The van der Waals surface area contributed by atoms with Crippen LogP contribution in [0.5, 0.6) is 0 Å². The zero-order chi connectivity index (χ0) is 14.1. The number of nitrogens with zero attached hydrogens (tertiary/aromatic N) is 3. The molecule has 0 bridgehead atoms. The van der Waals surface area contributed by atoms with Gasteiger partial charge in [-0.3, -0.25) is 0 Å². The topological polar surface area (TPSA) is 30.7 Å². The highest BCUT2D eigenvalue weighted by Gasteiger charge is 2.36. The molecule has 1 heterocycles. The van der Waals surface area contributed by atoms with Gasteiger partial charge in [0.05, 0.1) is 0 Å². The minimum absolute atomic E-state index is 0.694. The fourth-order valence-electron chi connectivity index (χ4n) is 2.49. The average molecular weight is 317 g/mol. The maximum atomic E-state index is 4.46. The van der Waals surface area contributed by atoms with E-state index in [1.54, 1.807) is 0 Å². The molecule has 0 saturated heterocycles. The molecule has 1 aromatic carbocycles. The van der Waals surface area contributed by atoms with Crippen LogP contribution in [0, 0.1) is 0 Å². The first-order valence-electron chi connectivity index (χ1n) is 7.67. The first-order chi connectivity index (χ1) is 10.4. The van der Waals surface area contributed by atoms with Crippen molar-refractivity contribution in [1.82, 2.24) is 14.8 Å². The maximum absolute atomic E-state index is 4.46. The van der Waals surface area contributed by atoms with E-state index in [4.69, 9.17) is 0 Å². The lowest BCUT2D eigenvalue weighted by molar-refractivity contribution is 0.627. The summed E-state index contributed by atoms with van der Waals surface area (Å²) in [5.41, 5.74) is 0. The molecule has 3 nitrogen and oxygen atoms in total. The lowest BCUT2D eigenvalue weighted by atomic mass is 10.4. The summed E-state index contributed by atoms with van der Waals surface area (Å²) in [5.74, 6) is 4.17. The molecule has 2 aliphatic rings. The van der Waals surface area contributed by atoms with Crippen LogP contribution in [0.3, 0.4) is 0 Å². The van der Waals surface area contributed by atoms with Gasteiger partial charge in [-0.15, -0.1) is 22.0 Å². The van der Waals surface area contributed by atoms with E-state index in [2.05, 4.69) is 45.1 Å². The predicted molar refractivity (Wildman–Crippen MR) is 88.2 cm³/mol. The molecule has 5 heteroatoms. The standard InChI is InChI=1S/C16H19N3S2/c1-2-4-14(5-3-1)20-10-11-21-16-18-17-15(12-6-7-12)19(16)13-8-9-13/h1-5,12-13H,6-11H2. The highest BCUT2D eigenvalue weighted by Crippen LogP contribution is 2.46. The molecule has 0 spiro atoms. The second-order valence-electron chi connectivity index (χ2n) is 5.73. The molecule has 0 unspecified atom stereocenters. The van der Waals surface area contributed by atoms with Crippen molar-refractivity contribution in [2.45, 2.75) is 47.7 Å². The van der Waals surface area contributed by atoms with E-state index in [0.717, 1.165) is 16.7 Å². The summed E-state index contributed by atoms with van der Waals surface area (Å²) in [6, 6.07) is 11.3. The largest absolute Gasteiger partial charge is 0.303 e. The summed E-state index contributed by atoms with van der Waals surface area (Å²) >= 11 is 3.79. The smallest absolute Gasteiger partial charge is 0.191 e. The van der Waals surface area contributed by atoms with E-state index in [1.165, 1.54) is 36.4 Å². The zero-order valence-corrected chi connectivity index (χ0v) is 13.6. The Hall–Kier alpha value is -0.940. The minimum Gasteiger partial charge on any atom is -0.303 e. The average Bonchev–Trinajstić information content (AvgIpc) is 3.43. The predicted octanol–water partition coefficient (Wildman–Crippen LogP) is 4.37. The molecular formula is C16H19N3S2. The van der Waals surface area contributed by atoms with E-state index >= 15 is 0 Å². The van der Waals surface area contributed by atoms with Gasteiger partial charge in [-0.05, 0) is 37.8 Å². The highest BCUT2D eigenvalue weighted by atomic mass is 32.2. The molecule has 2 aliphatic carbocycles. The number of thioether (sulfide) groups is 2. The molecule has 21 heavy (non-hydrogen) atoms. The van der Waals surface area contributed by atoms with Crippen molar-refractivity contribution in [2.24, 2.45) is 0 Å². The Kier molecular flexibility index (Phi) is 3.95. The fraction of sp³-hybridized carbons (Fsp3) is 0.500. The molecule has 0 radical (unpaired) electrons. The summed E-state index contributed by atoms with van der Waals surface area (Å²) in [7, 11) is 0. The van der Waals surface area contributed by atoms with Gasteiger partial charge in [-0.25, -0.2) is 0 Å². The Bertz CT molecular complexity index is 603. The second kappa shape index (κ2) is 6.05. The van der Waals surface area contributed by atoms with E-state index < -0.39 is 0 Å². The van der Waals surface area contributed by atoms with Crippen LogP contribution in [0.2, 0.25) is 0 Å². The van der Waals surface area contributed by atoms with Gasteiger partial charge in [0.2, 0.25) is 0 Å². The minimum atomic E-state index is 0.694. The van der Waals surface area contributed by atoms with Crippen molar-refractivity contribution in [2.75, 3.05) is 11.5 Å². The van der Waals surface area contributed by atoms with Crippen LogP contribution in [0.15, 0.2) is 40.4 Å². The number of hydrogen-bond acceptors (Lipinski definition) is 4. The Morgan fingerprint density at radius 3 is 2.43 bits per heavy atom. The van der Waals surface area contributed by atoms with Crippen LogP contribution in [0.25, 0.3) is 0 Å². The Morgan fingerprint density at radius 2 is 1.71 bits per heavy atom. The zero-order valence-electron chi connectivity index (χ0n) is 11.9. The number of benzene rings is 1. The monoisotopic (exact) mass is 317 g/mol. The quantitative estimate of drug-likeness (QED) is 0.560. The van der Waals surface area contributed by atoms with Crippen LogP contribution < -0.4 is 0 Å². The lowest BCUT2D eigenvalue weighted by Crippen LogP contribution is -2.02. The van der Waals surface area contributed by atoms with Gasteiger partial charge in [0.1, 0.15) is 5.82 Å². The van der Waals surface area contributed by atoms with Crippen molar-refractivity contribution < 1.29 is 0 Å². The number of rotatable bonds is 7. The SMILES string of the molecule is c1ccc(SCCSc2nnc(C3CC3)n2C2CC2)cc1. The van der Waals surface area contributed by atoms with E-state index in [1.807, 2.05) is 23.5 Å². The molecule has 2 aromatic rings. The summed E-state index contributed by atoms with van der Waals surface area (Å²) in [4.78, 5) is 1.35. The van der Waals surface area contributed by atoms with Gasteiger partial charge in [-0.2, -0.15) is 0 Å². The molecule has 4 rings (SSSR count). The molecule has 2 fully saturated rings.